The Hall–Kier alpha value is -0.870. The lowest BCUT2D eigenvalue weighted by Gasteiger charge is -2.28. The molecule has 2 rings (SSSR count). The number of ether oxygens (including phenoxy) is 1. The molecule has 1 atom stereocenters. The summed E-state index contributed by atoms with van der Waals surface area (Å²) < 4.78 is 6.45. The minimum Gasteiger partial charge on any atom is -0.458 e. The minimum absolute atomic E-state index is 0.0609. The summed E-state index contributed by atoms with van der Waals surface area (Å²) in [5.74, 6) is -0.239. The summed E-state index contributed by atoms with van der Waals surface area (Å²) in [4.78, 5) is 14.3. The molecule has 1 saturated heterocycles. The van der Waals surface area contributed by atoms with Crippen molar-refractivity contribution in [1.29, 1.82) is 0 Å². The van der Waals surface area contributed by atoms with Crippen LogP contribution in [0.5, 0.6) is 0 Å². The van der Waals surface area contributed by atoms with Crippen molar-refractivity contribution >= 4 is 21.9 Å². The third-order valence-corrected chi connectivity index (χ3v) is 3.88. The third-order valence-electron chi connectivity index (χ3n) is 3.35. The number of piperidine rings is 1. The fourth-order valence-electron chi connectivity index (χ4n) is 2.38. The molecule has 0 saturated carbocycles. The van der Waals surface area contributed by atoms with Crippen LogP contribution in [0.1, 0.15) is 36.5 Å². The number of benzene rings is 1. The maximum atomic E-state index is 12.0. The summed E-state index contributed by atoms with van der Waals surface area (Å²) in [6, 6.07) is 7.26. The van der Waals surface area contributed by atoms with Crippen molar-refractivity contribution in [2.24, 2.45) is 0 Å². The molecule has 4 heteroatoms. The van der Waals surface area contributed by atoms with Crippen molar-refractivity contribution < 1.29 is 9.53 Å². The SMILES string of the molecule is C[C@H](CN1CCCCC1)OC(=O)c1ccc(Br)cc1. The minimum atomic E-state index is -0.239. The van der Waals surface area contributed by atoms with Crippen molar-refractivity contribution in [1.82, 2.24) is 4.90 Å². The van der Waals surface area contributed by atoms with E-state index >= 15 is 0 Å². The molecule has 0 spiro atoms. The van der Waals surface area contributed by atoms with Gasteiger partial charge in [-0.15, -0.1) is 0 Å². The molecule has 0 radical (unpaired) electrons. The summed E-state index contributed by atoms with van der Waals surface area (Å²) >= 11 is 3.35. The molecule has 0 aromatic heterocycles. The normalized spacial score (nSPS) is 18.0. The van der Waals surface area contributed by atoms with Crippen LogP contribution in [0.4, 0.5) is 0 Å². The van der Waals surface area contributed by atoms with E-state index in [0.29, 0.717) is 5.56 Å². The highest BCUT2D eigenvalue weighted by molar-refractivity contribution is 9.10. The summed E-state index contributed by atoms with van der Waals surface area (Å²) in [5, 5.41) is 0. The zero-order valence-corrected chi connectivity index (χ0v) is 12.9. The van der Waals surface area contributed by atoms with E-state index in [4.69, 9.17) is 4.74 Å². The first kappa shape index (κ1) is 14.5. The number of carbonyl (C=O) groups excluding carboxylic acids is 1. The quantitative estimate of drug-likeness (QED) is 0.794. The average molecular weight is 326 g/mol. The molecular weight excluding hydrogens is 306 g/mol. The summed E-state index contributed by atoms with van der Waals surface area (Å²) in [7, 11) is 0. The highest BCUT2D eigenvalue weighted by Crippen LogP contribution is 2.13. The van der Waals surface area contributed by atoms with Gasteiger partial charge < -0.3 is 4.74 Å². The van der Waals surface area contributed by atoms with Crippen LogP contribution in [-0.4, -0.2) is 36.6 Å². The first-order chi connectivity index (χ1) is 9.15. The van der Waals surface area contributed by atoms with Crippen LogP contribution >= 0.6 is 15.9 Å². The highest BCUT2D eigenvalue weighted by atomic mass is 79.9. The number of likely N-dealkylation sites (tertiary alicyclic amines) is 1. The molecule has 0 bridgehead atoms. The molecular formula is C15H20BrNO2. The first-order valence-electron chi connectivity index (χ1n) is 6.84. The molecule has 3 nitrogen and oxygen atoms in total. The molecule has 1 aliphatic rings. The Morgan fingerprint density at radius 1 is 1.26 bits per heavy atom. The fourth-order valence-corrected chi connectivity index (χ4v) is 2.64. The van der Waals surface area contributed by atoms with Gasteiger partial charge in [0.25, 0.3) is 0 Å². The maximum Gasteiger partial charge on any atom is 0.338 e. The predicted octanol–water partition coefficient (Wildman–Crippen LogP) is 3.48. The first-order valence-corrected chi connectivity index (χ1v) is 7.63. The summed E-state index contributed by atoms with van der Waals surface area (Å²) in [6.07, 6.45) is 3.78. The number of hydrogen-bond acceptors (Lipinski definition) is 3. The van der Waals surface area contributed by atoms with Gasteiger partial charge in [0, 0.05) is 11.0 Å². The van der Waals surface area contributed by atoms with E-state index in [0.717, 1.165) is 24.1 Å². The Morgan fingerprint density at radius 3 is 2.53 bits per heavy atom. The van der Waals surface area contributed by atoms with Crippen LogP contribution in [0.3, 0.4) is 0 Å². The van der Waals surface area contributed by atoms with Gasteiger partial charge in [0.05, 0.1) is 5.56 Å². The van der Waals surface area contributed by atoms with Crippen LogP contribution < -0.4 is 0 Å². The van der Waals surface area contributed by atoms with E-state index in [2.05, 4.69) is 20.8 Å². The van der Waals surface area contributed by atoms with Crippen molar-refractivity contribution in [3.63, 3.8) is 0 Å². The Balaban J connectivity index is 1.82. The van der Waals surface area contributed by atoms with E-state index in [-0.39, 0.29) is 12.1 Å². The Labute approximate surface area is 123 Å². The van der Waals surface area contributed by atoms with Gasteiger partial charge in [0.1, 0.15) is 6.10 Å². The summed E-state index contributed by atoms with van der Waals surface area (Å²) in [5.41, 5.74) is 0.605. The van der Waals surface area contributed by atoms with Crippen molar-refractivity contribution in [2.45, 2.75) is 32.3 Å². The van der Waals surface area contributed by atoms with Gasteiger partial charge in [0.15, 0.2) is 0 Å². The largest absolute Gasteiger partial charge is 0.458 e. The molecule has 1 aliphatic heterocycles. The molecule has 1 aromatic rings. The van der Waals surface area contributed by atoms with Crippen LogP contribution in [0, 0.1) is 0 Å². The van der Waals surface area contributed by atoms with Gasteiger partial charge >= 0.3 is 5.97 Å². The zero-order chi connectivity index (χ0) is 13.7. The molecule has 0 amide bonds. The lowest BCUT2D eigenvalue weighted by atomic mass is 10.1. The van der Waals surface area contributed by atoms with Gasteiger partial charge in [-0.2, -0.15) is 0 Å². The van der Waals surface area contributed by atoms with E-state index < -0.39 is 0 Å². The smallest absolute Gasteiger partial charge is 0.338 e. The molecule has 0 aliphatic carbocycles. The molecule has 104 valence electrons. The molecule has 1 aromatic carbocycles. The van der Waals surface area contributed by atoms with E-state index in [9.17, 15) is 4.79 Å². The van der Waals surface area contributed by atoms with Gasteiger partial charge in [-0.3, -0.25) is 4.90 Å². The number of carbonyl (C=O) groups is 1. The summed E-state index contributed by atoms with van der Waals surface area (Å²) in [6.45, 7) is 5.05. The van der Waals surface area contributed by atoms with Crippen LogP contribution in [0.15, 0.2) is 28.7 Å². The number of halogens is 1. The second-order valence-corrected chi connectivity index (χ2v) is 6.00. The Kier molecular flexibility index (Phi) is 5.40. The van der Waals surface area contributed by atoms with E-state index in [1.165, 1.54) is 19.3 Å². The van der Waals surface area contributed by atoms with Gasteiger partial charge in [-0.25, -0.2) is 4.79 Å². The zero-order valence-electron chi connectivity index (χ0n) is 11.3. The molecule has 0 unspecified atom stereocenters. The lowest BCUT2D eigenvalue weighted by molar-refractivity contribution is 0.0236. The third kappa shape index (κ3) is 4.62. The average Bonchev–Trinajstić information content (AvgIpc) is 2.40. The fraction of sp³-hybridized carbons (Fsp3) is 0.533. The molecule has 1 heterocycles. The van der Waals surface area contributed by atoms with Gasteiger partial charge in [0.2, 0.25) is 0 Å². The van der Waals surface area contributed by atoms with Crippen LogP contribution in [-0.2, 0) is 4.74 Å². The van der Waals surface area contributed by atoms with Gasteiger partial charge in [-0.1, -0.05) is 22.4 Å². The Morgan fingerprint density at radius 2 is 1.89 bits per heavy atom. The lowest BCUT2D eigenvalue weighted by Crippen LogP contribution is -2.37. The van der Waals surface area contributed by atoms with Crippen LogP contribution in [0.25, 0.3) is 0 Å². The maximum absolute atomic E-state index is 12.0. The number of rotatable bonds is 4. The molecule has 1 fully saturated rings. The number of hydrogen-bond donors (Lipinski definition) is 0. The van der Waals surface area contributed by atoms with E-state index in [1.807, 2.05) is 19.1 Å². The Bertz CT molecular complexity index is 413. The van der Waals surface area contributed by atoms with Crippen molar-refractivity contribution in [3.8, 4) is 0 Å². The highest BCUT2D eigenvalue weighted by Gasteiger charge is 2.17. The second-order valence-electron chi connectivity index (χ2n) is 5.08. The number of esters is 1. The monoisotopic (exact) mass is 325 g/mol. The van der Waals surface area contributed by atoms with Crippen LogP contribution in [0.2, 0.25) is 0 Å². The number of nitrogens with zero attached hydrogens (tertiary/aromatic N) is 1. The second kappa shape index (κ2) is 7.06. The topological polar surface area (TPSA) is 29.5 Å². The van der Waals surface area contributed by atoms with Crippen molar-refractivity contribution in [2.75, 3.05) is 19.6 Å². The standard InChI is InChI=1S/C15H20BrNO2/c1-12(11-17-9-3-2-4-10-17)19-15(18)13-5-7-14(16)8-6-13/h5-8,12H,2-4,9-11H2,1H3/t12-/m1/s1. The van der Waals surface area contributed by atoms with E-state index in [1.54, 1.807) is 12.1 Å². The predicted molar refractivity (Wildman–Crippen MR) is 79.3 cm³/mol. The van der Waals surface area contributed by atoms with Gasteiger partial charge in [-0.05, 0) is 57.1 Å². The molecule has 0 N–H and O–H groups in total. The van der Waals surface area contributed by atoms with Crippen molar-refractivity contribution in [3.05, 3.63) is 34.3 Å². The molecule has 19 heavy (non-hydrogen) atoms.